The summed E-state index contributed by atoms with van der Waals surface area (Å²) in [6.45, 7) is 0. The molecule has 0 saturated heterocycles. The highest BCUT2D eigenvalue weighted by molar-refractivity contribution is 7.88. The molecule has 0 aliphatic heterocycles. The fourth-order valence-electron chi connectivity index (χ4n) is 0.788. The SMILES string of the molecule is Cl.NN([N+](=O)[O-])S(=O)(=O)c1ccccc1. The summed E-state index contributed by atoms with van der Waals surface area (Å²) in [7, 11) is -4.23. The summed E-state index contributed by atoms with van der Waals surface area (Å²) >= 11 is 0. The molecule has 0 heterocycles. The van der Waals surface area contributed by atoms with Crippen molar-refractivity contribution in [3.05, 3.63) is 40.4 Å². The summed E-state index contributed by atoms with van der Waals surface area (Å²) in [5.74, 6) is 4.77. The number of hydrogen-bond acceptors (Lipinski definition) is 5. The maximum Gasteiger partial charge on any atom is 0.330 e. The number of hydrogen-bond donors (Lipinski definition) is 1. The van der Waals surface area contributed by atoms with Crippen LogP contribution in [0.1, 0.15) is 0 Å². The average molecular weight is 254 g/mol. The summed E-state index contributed by atoms with van der Waals surface area (Å²) in [5.41, 5.74) is 0. The molecule has 2 N–H and O–H groups in total. The Bertz CT molecular complexity index is 435. The normalized spacial score (nSPS) is 10.2. The van der Waals surface area contributed by atoms with Gasteiger partial charge >= 0.3 is 10.0 Å². The molecule has 0 fully saturated rings. The second kappa shape index (κ2) is 4.91. The second-order valence-electron chi connectivity index (χ2n) is 2.33. The molecule has 0 spiro atoms. The molecule has 0 radical (unpaired) electrons. The Labute approximate surface area is 92.0 Å². The number of nitrogens with two attached hydrogens (primary N) is 1. The lowest BCUT2D eigenvalue weighted by Crippen LogP contribution is -2.41. The molecule has 1 aromatic carbocycles. The third-order valence-corrected chi connectivity index (χ3v) is 2.94. The number of rotatable bonds is 3. The number of benzene rings is 1. The van der Waals surface area contributed by atoms with Crippen LogP contribution < -0.4 is 5.84 Å². The third kappa shape index (κ3) is 2.78. The van der Waals surface area contributed by atoms with E-state index in [9.17, 15) is 18.5 Å². The first kappa shape index (κ1) is 13.6. The molecule has 7 nitrogen and oxygen atoms in total. The minimum absolute atomic E-state index is 0. The van der Waals surface area contributed by atoms with Crippen LogP contribution >= 0.6 is 12.4 Å². The first-order chi connectivity index (χ1) is 6.46. The lowest BCUT2D eigenvalue weighted by molar-refractivity contribution is -0.622. The minimum atomic E-state index is -4.23. The Morgan fingerprint density at radius 1 is 1.27 bits per heavy atom. The van der Waals surface area contributed by atoms with E-state index < -0.39 is 19.6 Å². The summed E-state index contributed by atoms with van der Waals surface area (Å²) in [6, 6.07) is 6.92. The van der Waals surface area contributed by atoms with E-state index >= 15 is 0 Å². The predicted octanol–water partition coefficient (Wildman–Crippen LogP) is 0.165. The highest BCUT2D eigenvalue weighted by Gasteiger charge is 2.29. The average Bonchev–Trinajstić information content (AvgIpc) is 2.18. The predicted molar refractivity (Wildman–Crippen MR) is 53.9 cm³/mol. The fraction of sp³-hybridized carbons (Fsp3) is 0. The van der Waals surface area contributed by atoms with Gasteiger partial charge in [-0.05, 0) is 12.1 Å². The molecule has 0 aliphatic carbocycles. The molecule has 9 heteroatoms. The van der Waals surface area contributed by atoms with Gasteiger partial charge in [-0.15, -0.1) is 12.4 Å². The van der Waals surface area contributed by atoms with Gasteiger partial charge in [-0.2, -0.15) is 14.3 Å². The van der Waals surface area contributed by atoms with Gasteiger partial charge in [-0.25, -0.2) is 10.1 Å². The standard InChI is InChI=1S/C6H7N3O4S.ClH/c7-8(9(10)11)14(12,13)6-4-2-1-3-5-6;/h1-5H,7H2;1H. The lowest BCUT2D eigenvalue weighted by Gasteiger charge is -2.07. The van der Waals surface area contributed by atoms with Crippen molar-refractivity contribution < 1.29 is 13.5 Å². The summed E-state index contributed by atoms with van der Waals surface area (Å²) in [6.07, 6.45) is 0. The van der Waals surface area contributed by atoms with Gasteiger partial charge in [-0.3, -0.25) is 0 Å². The van der Waals surface area contributed by atoms with E-state index in [0.29, 0.717) is 0 Å². The molecule has 0 unspecified atom stereocenters. The van der Waals surface area contributed by atoms with Crippen molar-refractivity contribution in [1.29, 1.82) is 0 Å². The number of hydrazine groups is 2. The Kier molecular flexibility index (Phi) is 4.46. The van der Waals surface area contributed by atoms with Crippen molar-refractivity contribution in [3.8, 4) is 0 Å². The molecule has 0 amide bonds. The van der Waals surface area contributed by atoms with E-state index in [4.69, 9.17) is 5.84 Å². The Balaban J connectivity index is 0.00000196. The third-order valence-electron chi connectivity index (χ3n) is 1.45. The molecular formula is C6H8ClN3O4S. The van der Waals surface area contributed by atoms with Gasteiger partial charge in [-0.1, -0.05) is 18.2 Å². The quantitative estimate of drug-likeness (QED) is 0.469. The van der Waals surface area contributed by atoms with Gasteiger partial charge in [0.2, 0.25) is 0 Å². The van der Waals surface area contributed by atoms with Crippen molar-refractivity contribution in [2.24, 2.45) is 5.84 Å². The van der Waals surface area contributed by atoms with Gasteiger partial charge in [0, 0.05) is 0 Å². The minimum Gasteiger partial charge on any atom is -0.233 e. The van der Waals surface area contributed by atoms with Gasteiger partial charge < -0.3 is 0 Å². The molecular weight excluding hydrogens is 246 g/mol. The zero-order chi connectivity index (χ0) is 10.8. The van der Waals surface area contributed by atoms with Crippen LogP contribution in [0.4, 0.5) is 0 Å². The summed E-state index contributed by atoms with van der Waals surface area (Å²) < 4.78 is 22.3. The largest absolute Gasteiger partial charge is 0.330 e. The Morgan fingerprint density at radius 2 is 1.73 bits per heavy atom. The molecule has 0 saturated carbocycles. The van der Waals surface area contributed by atoms with Crippen LogP contribution in [-0.2, 0) is 10.0 Å². The van der Waals surface area contributed by atoms with Crippen LogP contribution in [0.15, 0.2) is 35.2 Å². The van der Waals surface area contributed by atoms with E-state index in [1.54, 1.807) is 6.07 Å². The lowest BCUT2D eigenvalue weighted by atomic mass is 10.4. The van der Waals surface area contributed by atoms with Crippen molar-refractivity contribution in [2.45, 2.75) is 4.90 Å². The van der Waals surface area contributed by atoms with Crippen LogP contribution in [0, 0.1) is 10.1 Å². The highest BCUT2D eigenvalue weighted by Crippen LogP contribution is 2.11. The number of sulfonamides is 1. The van der Waals surface area contributed by atoms with Gasteiger partial charge in [0.1, 0.15) is 0 Å². The molecule has 1 rings (SSSR count). The number of nitrogens with zero attached hydrogens (tertiary/aromatic N) is 2. The molecule has 0 aliphatic rings. The van der Waals surface area contributed by atoms with Crippen LogP contribution in [0.5, 0.6) is 0 Å². The summed E-state index contributed by atoms with van der Waals surface area (Å²) in [4.78, 5) is 9.92. The first-order valence-corrected chi connectivity index (χ1v) is 4.89. The smallest absolute Gasteiger partial charge is 0.233 e. The number of halogens is 1. The first-order valence-electron chi connectivity index (χ1n) is 3.45. The molecule has 0 bridgehead atoms. The van der Waals surface area contributed by atoms with Crippen molar-refractivity contribution in [3.63, 3.8) is 0 Å². The zero-order valence-electron chi connectivity index (χ0n) is 7.31. The van der Waals surface area contributed by atoms with E-state index in [-0.39, 0.29) is 17.3 Å². The van der Waals surface area contributed by atoms with Crippen LogP contribution in [0.25, 0.3) is 0 Å². The van der Waals surface area contributed by atoms with Crippen molar-refractivity contribution in [2.75, 3.05) is 0 Å². The summed E-state index contributed by atoms with van der Waals surface area (Å²) in [5, 5.41) is 8.94. The molecule has 84 valence electrons. The maximum atomic E-state index is 11.3. The van der Waals surface area contributed by atoms with Crippen LogP contribution in [0.3, 0.4) is 0 Å². The molecule has 1 aromatic rings. The Hall–Kier alpha value is -1.38. The van der Waals surface area contributed by atoms with Gasteiger partial charge in [0.25, 0.3) is 0 Å². The van der Waals surface area contributed by atoms with Crippen LogP contribution in [0.2, 0.25) is 0 Å². The topological polar surface area (TPSA) is 107 Å². The molecule has 0 atom stereocenters. The number of nitro groups is 1. The molecule has 0 aromatic heterocycles. The van der Waals surface area contributed by atoms with Crippen molar-refractivity contribution in [1.82, 2.24) is 4.52 Å². The van der Waals surface area contributed by atoms with E-state index in [1.165, 1.54) is 24.3 Å². The highest BCUT2D eigenvalue weighted by atomic mass is 35.5. The van der Waals surface area contributed by atoms with Crippen LogP contribution in [-0.4, -0.2) is 18.0 Å². The van der Waals surface area contributed by atoms with Crippen molar-refractivity contribution >= 4 is 22.4 Å². The van der Waals surface area contributed by atoms with Gasteiger partial charge in [0.15, 0.2) is 5.03 Å². The zero-order valence-corrected chi connectivity index (χ0v) is 8.94. The molecule has 15 heavy (non-hydrogen) atoms. The maximum absolute atomic E-state index is 11.3. The van der Waals surface area contributed by atoms with E-state index in [1.807, 2.05) is 0 Å². The fourth-order valence-corrected chi connectivity index (χ4v) is 1.68. The van der Waals surface area contributed by atoms with E-state index in [2.05, 4.69) is 0 Å². The monoisotopic (exact) mass is 253 g/mol. The Morgan fingerprint density at radius 3 is 2.13 bits per heavy atom. The second-order valence-corrected chi connectivity index (χ2v) is 4.12. The van der Waals surface area contributed by atoms with Gasteiger partial charge in [0.05, 0.1) is 9.42 Å². The van der Waals surface area contributed by atoms with E-state index in [0.717, 1.165) is 0 Å².